The van der Waals surface area contributed by atoms with Crippen LogP contribution in [0.4, 0.5) is 11.4 Å². The van der Waals surface area contributed by atoms with Crippen LogP contribution in [0.5, 0.6) is 0 Å². The van der Waals surface area contributed by atoms with E-state index >= 15 is 0 Å². The number of para-hydroxylation sites is 2. The first-order chi connectivity index (χ1) is 11.8. The van der Waals surface area contributed by atoms with Crippen molar-refractivity contribution in [2.24, 2.45) is 0 Å². The molecule has 3 heterocycles. The fourth-order valence-corrected chi connectivity index (χ4v) is 7.51. The van der Waals surface area contributed by atoms with Gasteiger partial charge in [0.1, 0.15) is 0 Å². The number of rotatable bonds is 2. The van der Waals surface area contributed by atoms with Crippen LogP contribution in [0.2, 0.25) is 0 Å². The van der Waals surface area contributed by atoms with Gasteiger partial charge in [0.25, 0.3) is 0 Å². The average molecular weight is 384 g/mol. The molecule has 0 spiro atoms. The van der Waals surface area contributed by atoms with Crippen LogP contribution in [0, 0.1) is 0 Å². The zero-order valence-corrected chi connectivity index (χ0v) is 15.3. The molecule has 3 aliphatic heterocycles. The lowest BCUT2D eigenvalue weighted by Crippen LogP contribution is -2.53. The summed E-state index contributed by atoms with van der Waals surface area (Å²) in [5.41, 5.74) is 1.50. The Hall–Kier alpha value is -1.61. The van der Waals surface area contributed by atoms with Crippen molar-refractivity contribution >= 4 is 37.0 Å². The van der Waals surface area contributed by atoms with Crippen LogP contribution in [0.1, 0.15) is 12.8 Å². The maximum atomic E-state index is 12.8. The first kappa shape index (κ1) is 16.8. The molecular weight excluding hydrogens is 364 g/mol. The molecule has 25 heavy (non-hydrogen) atoms. The fraction of sp³-hybridized carbons (Fsp3) is 0.562. The molecule has 0 aliphatic carbocycles. The zero-order chi connectivity index (χ0) is 17.8. The van der Waals surface area contributed by atoms with Crippen molar-refractivity contribution in [3.63, 3.8) is 0 Å². The van der Waals surface area contributed by atoms with Gasteiger partial charge in [0.2, 0.25) is 5.91 Å². The van der Waals surface area contributed by atoms with Gasteiger partial charge in [-0.05, 0) is 25.0 Å². The number of nitrogens with zero attached hydrogens (tertiary/aromatic N) is 2. The van der Waals surface area contributed by atoms with E-state index in [0.717, 1.165) is 5.69 Å². The molecule has 1 amide bonds. The Morgan fingerprint density at radius 2 is 1.40 bits per heavy atom. The number of amides is 1. The highest BCUT2D eigenvalue weighted by atomic mass is 32.2. The summed E-state index contributed by atoms with van der Waals surface area (Å²) in [5, 5.41) is 0. The third kappa shape index (κ3) is 3.03. The lowest BCUT2D eigenvalue weighted by Gasteiger charge is -2.42. The monoisotopic (exact) mass is 384 g/mol. The minimum atomic E-state index is -3.10. The van der Waals surface area contributed by atoms with Crippen molar-refractivity contribution in [1.82, 2.24) is 0 Å². The van der Waals surface area contributed by atoms with Gasteiger partial charge in [0.15, 0.2) is 19.7 Å². The molecule has 0 aromatic heterocycles. The van der Waals surface area contributed by atoms with Crippen molar-refractivity contribution in [2.45, 2.75) is 24.9 Å². The van der Waals surface area contributed by atoms with E-state index in [2.05, 4.69) is 0 Å². The van der Waals surface area contributed by atoms with Crippen LogP contribution in [-0.4, -0.2) is 64.4 Å². The lowest BCUT2D eigenvalue weighted by molar-refractivity contribution is -0.118. The molecule has 9 heteroatoms. The first-order valence-electron chi connectivity index (χ1n) is 8.34. The van der Waals surface area contributed by atoms with Crippen molar-refractivity contribution in [3.8, 4) is 0 Å². The highest BCUT2D eigenvalue weighted by molar-refractivity contribution is 7.92. The van der Waals surface area contributed by atoms with Gasteiger partial charge in [-0.25, -0.2) is 16.8 Å². The predicted octanol–water partition coefficient (Wildman–Crippen LogP) is 0.214. The number of benzene rings is 1. The summed E-state index contributed by atoms with van der Waals surface area (Å²) in [5.74, 6) is 0.144. The van der Waals surface area contributed by atoms with Crippen LogP contribution in [0.3, 0.4) is 0 Å². The predicted molar refractivity (Wildman–Crippen MR) is 95.4 cm³/mol. The molecule has 7 nitrogen and oxygen atoms in total. The molecule has 136 valence electrons. The molecule has 0 radical (unpaired) electrons. The van der Waals surface area contributed by atoms with Crippen molar-refractivity contribution in [1.29, 1.82) is 0 Å². The number of hydrogen-bond donors (Lipinski definition) is 0. The number of hydrogen-bond acceptors (Lipinski definition) is 6. The number of carbonyl (C=O) groups is 1. The van der Waals surface area contributed by atoms with E-state index in [1.807, 2.05) is 29.2 Å². The maximum absolute atomic E-state index is 12.8. The molecular formula is C16H20N2O5S2. The Morgan fingerprint density at radius 1 is 0.840 bits per heavy atom. The largest absolute Gasteiger partial charge is 0.356 e. The summed E-state index contributed by atoms with van der Waals surface area (Å²) in [6.45, 7) is 0.0910. The van der Waals surface area contributed by atoms with Gasteiger partial charge >= 0.3 is 0 Å². The van der Waals surface area contributed by atoms with E-state index in [9.17, 15) is 21.6 Å². The van der Waals surface area contributed by atoms with Crippen LogP contribution in [0.15, 0.2) is 24.3 Å². The highest BCUT2D eigenvalue weighted by Crippen LogP contribution is 2.39. The minimum Gasteiger partial charge on any atom is -0.356 e. The zero-order valence-electron chi connectivity index (χ0n) is 13.7. The molecule has 2 unspecified atom stereocenters. The molecule has 1 aromatic rings. The van der Waals surface area contributed by atoms with E-state index in [0.29, 0.717) is 18.5 Å². The Balaban J connectivity index is 1.70. The summed E-state index contributed by atoms with van der Waals surface area (Å²) in [7, 11) is -6.16. The maximum Gasteiger partial charge on any atom is 0.246 e. The first-order valence-corrected chi connectivity index (χ1v) is 12.0. The second-order valence-corrected chi connectivity index (χ2v) is 11.5. The van der Waals surface area contributed by atoms with E-state index in [1.165, 1.54) is 0 Å². The Labute approximate surface area is 147 Å². The Morgan fingerprint density at radius 3 is 1.96 bits per heavy atom. The fourth-order valence-electron chi connectivity index (χ4n) is 4.08. The number of fused-ring (bicyclic) bond motifs is 1. The standard InChI is InChI=1S/C16H20N2O5S2/c19-16-9-17(12-5-7-24(20,21)10-12)14-3-1-2-4-15(14)18(16)13-6-8-25(22,23)11-13/h1-4,12-13H,5-11H2. The normalized spacial score (nSPS) is 30.5. The van der Waals surface area contributed by atoms with Gasteiger partial charge in [-0.2, -0.15) is 0 Å². The van der Waals surface area contributed by atoms with Crippen LogP contribution < -0.4 is 9.80 Å². The van der Waals surface area contributed by atoms with Gasteiger partial charge in [-0.1, -0.05) is 12.1 Å². The SMILES string of the molecule is O=C1CN(C2CCS(=O)(=O)C2)c2ccccc2N1C1CCS(=O)(=O)C1. The molecule has 2 atom stereocenters. The molecule has 3 aliphatic rings. The van der Waals surface area contributed by atoms with Gasteiger partial charge in [-0.3, -0.25) is 4.79 Å². The summed E-state index contributed by atoms with van der Waals surface area (Å²) < 4.78 is 47.3. The second kappa shape index (κ2) is 5.70. The number of anilines is 2. The van der Waals surface area contributed by atoms with Gasteiger partial charge < -0.3 is 9.80 Å². The van der Waals surface area contributed by atoms with Gasteiger partial charge in [0.05, 0.1) is 47.0 Å². The van der Waals surface area contributed by atoms with Crippen molar-refractivity contribution < 1.29 is 21.6 Å². The number of carbonyl (C=O) groups excluding carboxylic acids is 1. The van der Waals surface area contributed by atoms with E-state index in [4.69, 9.17) is 0 Å². The van der Waals surface area contributed by atoms with Crippen LogP contribution >= 0.6 is 0 Å². The minimum absolute atomic E-state index is 0.00905. The molecule has 0 saturated carbocycles. The highest BCUT2D eigenvalue weighted by Gasteiger charge is 2.42. The Bertz CT molecular complexity index is 926. The van der Waals surface area contributed by atoms with Crippen LogP contribution in [-0.2, 0) is 24.5 Å². The summed E-state index contributed by atoms with van der Waals surface area (Å²) in [6.07, 6.45) is 0.960. The molecule has 0 N–H and O–H groups in total. The van der Waals surface area contributed by atoms with Gasteiger partial charge in [-0.15, -0.1) is 0 Å². The Kier molecular flexibility index (Phi) is 3.84. The summed E-state index contributed by atoms with van der Waals surface area (Å²) >= 11 is 0. The van der Waals surface area contributed by atoms with Crippen LogP contribution in [0.25, 0.3) is 0 Å². The number of sulfone groups is 2. The lowest BCUT2D eigenvalue weighted by atomic mass is 10.1. The van der Waals surface area contributed by atoms with Crippen molar-refractivity contribution in [2.75, 3.05) is 39.4 Å². The average Bonchev–Trinajstić information content (AvgIpc) is 3.08. The molecule has 2 fully saturated rings. The molecule has 2 saturated heterocycles. The van der Waals surface area contributed by atoms with Crippen molar-refractivity contribution in [3.05, 3.63) is 24.3 Å². The second-order valence-electron chi connectivity index (χ2n) is 6.99. The summed E-state index contributed by atoms with van der Waals surface area (Å²) in [4.78, 5) is 16.3. The molecule has 0 bridgehead atoms. The summed E-state index contributed by atoms with van der Waals surface area (Å²) in [6, 6.07) is 6.82. The molecule has 4 rings (SSSR count). The topological polar surface area (TPSA) is 91.8 Å². The van der Waals surface area contributed by atoms with E-state index in [-0.39, 0.29) is 47.5 Å². The van der Waals surface area contributed by atoms with E-state index < -0.39 is 19.7 Å². The van der Waals surface area contributed by atoms with E-state index in [1.54, 1.807) is 4.90 Å². The third-order valence-electron chi connectivity index (χ3n) is 5.25. The third-order valence-corrected chi connectivity index (χ3v) is 8.75. The smallest absolute Gasteiger partial charge is 0.246 e. The molecule has 1 aromatic carbocycles. The van der Waals surface area contributed by atoms with Gasteiger partial charge in [0, 0.05) is 6.04 Å². The quantitative estimate of drug-likeness (QED) is 0.724.